The van der Waals surface area contributed by atoms with E-state index in [-0.39, 0.29) is 13.0 Å². The van der Waals surface area contributed by atoms with Crippen molar-refractivity contribution >= 4 is 11.9 Å². The van der Waals surface area contributed by atoms with Crippen molar-refractivity contribution in [1.82, 2.24) is 5.32 Å². The van der Waals surface area contributed by atoms with Crippen molar-refractivity contribution in [3.8, 4) is 12.3 Å². The van der Waals surface area contributed by atoms with Crippen LogP contribution in [0, 0.1) is 12.3 Å². The second kappa shape index (κ2) is 5.96. The van der Waals surface area contributed by atoms with Crippen molar-refractivity contribution in [2.75, 3.05) is 6.54 Å². The molecular weight excluding hydrogens is 188 g/mol. The van der Waals surface area contributed by atoms with Crippen LogP contribution in [0.15, 0.2) is 0 Å². The monoisotopic (exact) mass is 200 g/mol. The summed E-state index contributed by atoms with van der Waals surface area (Å²) >= 11 is 0. The molecule has 0 saturated carbocycles. The van der Waals surface area contributed by atoms with Gasteiger partial charge in [0.25, 0.3) is 0 Å². The summed E-state index contributed by atoms with van der Waals surface area (Å²) < 4.78 is 0. The molecule has 0 aromatic carbocycles. The minimum atomic E-state index is -1.63. The van der Waals surface area contributed by atoms with Crippen LogP contribution in [-0.2, 0) is 9.59 Å². The molecule has 1 amide bonds. The van der Waals surface area contributed by atoms with Gasteiger partial charge in [0, 0.05) is 6.42 Å². The van der Waals surface area contributed by atoms with Gasteiger partial charge in [-0.05, 0) is 0 Å². The summed E-state index contributed by atoms with van der Waals surface area (Å²) in [5.74, 6) is 0.207. The highest BCUT2D eigenvalue weighted by Gasteiger charge is 2.17. The van der Waals surface area contributed by atoms with Crippen molar-refractivity contribution in [2.45, 2.75) is 18.6 Å². The molecule has 5 N–H and O–H groups in total. The predicted octanol–water partition coefficient (Wildman–Crippen LogP) is -2.10. The lowest BCUT2D eigenvalue weighted by Crippen LogP contribution is -2.44. The van der Waals surface area contributed by atoms with Crippen molar-refractivity contribution in [1.29, 1.82) is 0 Å². The normalized spacial score (nSPS) is 13.8. The Morgan fingerprint density at radius 2 is 2.14 bits per heavy atom. The minimum absolute atomic E-state index is 0.0645. The summed E-state index contributed by atoms with van der Waals surface area (Å²) in [7, 11) is 0. The smallest absolute Gasteiger partial charge is 0.334 e. The zero-order valence-electron chi connectivity index (χ0n) is 7.43. The van der Waals surface area contributed by atoms with E-state index >= 15 is 0 Å². The third kappa shape index (κ3) is 4.45. The fourth-order valence-corrected chi connectivity index (χ4v) is 0.635. The number of aliphatic carboxylic acids is 1. The molecule has 0 radical (unpaired) electrons. The molecule has 0 bridgehead atoms. The fourth-order valence-electron chi connectivity index (χ4n) is 0.635. The van der Waals surface area contributed by atoms with Gasteiger partial charge in [-0.2, -0.15) is 0 Å². The molecule has 78 valence electrons. The molecule has 0 aliphatic rings. The number of amides is 1. The molecule has 0 aromatic rings. The fraction of sp³-hybridized carbons (Fsp3) is 0.500. The lowest BCUT2D eigenvalue weighted by molar-refractivity contribution is -0.146. The molecular formula is C8H12N2O4. The summed E-state index contributed by atoms with van der Waals surface area (Å²) in [6.07, 6.45) is 3.35. The number of carbonyl (C=O) groups is 2. The number of nitrogens with one attached hydrogen (secondary N) is 1. The topological polar surface area (TPSA) is 113 Å². The summed E-state index contributed by atoms with van der Waals surface area (Å²) in [6, 6.07) is -0.874. The van der Waals surface area contributed by atoms with Crippen LogP contribution in [0.5, 0.6) is 0 Å². The summed E-state index contributed by atoms with van der Waals surface area (Å²) in [4.78, 5) is 21.2. The molecule has 0 aliphatic carbocycles. The first-order valence-electron chi connectivity index (χ1n) is 3.86. The number of carboxylic acids is 1. The minimum Gasteiger partial charge on any atom is -0.479 e. The summed E-state index contributed by atoms with van der Waals surface area (Å²) in [6.45, 7) is -0.383. The standard InChI is InChI=1S/C8H12N2O4/c1-2-3-5(9)7(12)10-4-6(11)8(13)14/h1,5-6,11H,3-4,9H2,(H,10,12)(H,13,14). The van der Waals surface area contributed by atoms with Crippen LogP contribution in [0.2, 0.25) is 0 Å². The lowest BCUT2D eigenvalue weighted by atomic mass is 10.2. The van der Waals surface area contributed by atoms with E-state index in [1.807, 2.05) is 0 Å². The molecule has 0 spiro atoms. The number of hydrogen-bond donors (Lipinski definition) is 4. The van der Waals surface area contributed by atoms with Crippen LogP contribution in [0.4, 0.5) is 0 Å². The average molecular weight is 200 g/mol. The Balaban J connectivity index is 3.85. The van der Waals surface area contributed by atoms with Gasteiger partial charge in [0.1, 0.15) is 0 Å². The molecule has 0 heterocycles. The SMILES string of the molecule is C#CCC(N)C(=O)NCC(O)C(=O)O. The molecule has 14 heavy (non-hydrogen) atoms. The van der Waals surface area contributed by atoms with Crippen LogP contribution < -0.4 is 11.1 Å². The first kappa shape index (κ1) is 12.4. The van der Waals surface area contributed by atoms with Gasteiger partial charge in [0.05, 0.1) is 12.6 Å². The summed E-state index contributed by atoms with van der Waals surface area (Å²) in [5, 5.41) is 19.2. The van der Waals surface area contributed by atoms with Gasteiger partial charge in [-0.15, -0.1) is 12.3 Å². The Morgan fingerprint density at radius 1 is 1.57 bits per heavy atom. The zero-order valence-corrected chi connectivity index (χ0v) is 7.43. The van der Waals surface area contributed by atoms with E-state index < -0.39 is 24.0 Å². The molecule has 0 aliphatic heterocycles. The Hall–Kier alpha value is -1.58. The number of hydrogen-bond acceptors (Lipinski definition) is 4. The van der Waals surface area contributed by atoms with Gasteiger partial charge < -0.3 is 21.3 Å². The molecule has 0 aromatic heterocycles. The van der Waals surface area contributed by atoms with Crippen LogP contribution in [0.25, 0.3) is 0 Å². The van der Waals surface area contributed by atoms with E-state index in [1.54, 1.807) is 0 Å². The van der Waals surface area contributed by atoms with E-state index in [1.165, 1.54) is 0 Å². The molecule has 0 rings (SSSR count). The number of aliphatic hydroxyl groups is 1. The molecule has 0 saturated heterocycles. The second-order valence-electron chi connectivity index (χ2n) is 2.61. The van der Waals surface area contributed by atoms with Crippen molar-refractivity contribution in [2.24, 2.45) is 5.73 Å². The van der Waals surface area contributed by atoms with E-state index in [0.29, 0.717) is 0 Å². The first-order chi connectivity index (χ1) is 6.49. The quantitative estimate of drug-likeness (QED) is 0.380. The van der Waals surface area contributed by atoms with Gasteiger partial charge in [-0.1, -0.05) is 0 Å². The van der Waals surface area contributed by atoms with Gasteiger partial charge in [0.2, 0.25) is 5.91 Å². The number of carbonyl (C=O) groups excluding carboxylic acids is 1. The van der Waals surface area contributed by atoms with Crippen LogP contribution >= 0.6 is 0 Å². The van der Waals surface area contributed by atoms with Gasteiger partial charge in [0.15, 0.2) is 6.10 Å². The highest BCUT2D eigenvalue weighted by Crippen LogP contribution is 1.87. The number of carboxylic acid groups (broad SMARTS) is 1. The predicted molar refractivity (Wildman–Crippen MR) is 48.1 cm³/mol. The Bertz CT molecular complexity index is 259. The zero-order chi connectivity index (χ0) is 11.1. The summed E-state index contributed by atoms with van der Waals surface area (Å²) in [5.41, 5.74) is 5.31. The third-order valence-corrected chi connectivity index (χ3v) is 1.43. The molecule has 2 atom stereocenters. The van der Waals surface area contributed by atoms with Crippen LogP contribution in [0.1, 0.15) is 6.42 Å². The lowest BCUT2D eigenvalue weighted by Gasteiger charge is -2.10. The third-order valence-electron chi connectivity index (χ3n) is 1.43. The number of nitrogens with two attached hydrogens (primary N) is 1. The Labute approximate surface area is 81.1 Å². The maximum atomic E-state index is 11.0. The van der Waals surface area contributed by atoms with Crippen molar-refractivity contribution < 1.29 is 19.8 Å². The van der Waals surface area contributed by atoms with E-state index in [0.717, 1.165) is 0 Å². The van der Waals surface area contributed by atoms with Crippen LogP contribution in [-0.4, -0.2) is 40.8 Å². The van der Waals surface area contributed by atoms with Crippen LogP contribution in [0.3, 0.4) is 0 Å². The molecule has 2 unspecified atom stereocenters. The number of aliphatic hydroxyl groups excluding tert-OH is 1. The van der Waals surface area contributed by atoms with E-state index in [4.69, 9.17) is 22.4 Å². The maximum absolute atomic E-state index is 11.0. The van der Waals surface area contributed by atoms with Crippen molar-refractivity contribution in [3.05, 3.63) is 0 Å². The highest BCUT2D eigenvalue weighted by atomic mass is 16.4. The molecule has 6 nitrogen and oxygen atoms in total. The van der Waals surface area contributed by atoms with Crippen molar-refractivity contribution in [3.63, 3.8) is 0 Å². The Kier molecular flexibility index (Phi) is 5.29. The number of terminal acetylenes is 1. The second-order valence-corrected chi connectivity index (χ2v) is 2.61. The number of rotatable bonds is 5. The van der Waals surface area contributed by atoms with E-state index in [9.17, 15) is 9.59 Å². The van der Waals surface area contributed by atoms with Gasteiger partial charge >= 0.3 is 5.97 Å². The Morgan fingerprint density at radius 3 is 2.57 bits per heavy atom. The molecule has 0 fully saturated rings. The molecule has 6 heteroatoms. The highest BCUT2D eigenvalue weighted by molar-refractivity contribution is 5.82. The largest absolute Gasteiger partial charge is 0.479 e. The maximum Gasteiger partial charge on any atom is 0.334 e. The van der Waals surface area contributed by atoms with E-state index in [2.05, 4.69) is 11.2 Å². The van der Waals surface area contributed by atoms with Gasteiger partial charge in [-0.25, -0.2) is 4.79 Å². The average Bonchev–Trinajstić information content (AvgIpc) is 2.13. The first-order valence-corrected chi connectivity index (χ1v) is 3.86. The van der Waals surface area contributed by atoms with Gasteiger partial charge in [-0.3, -0.25) is 4.79 Å².